The van der Waals surface area contributed by atoms with E-state index in [0.717, 1.165) is 0 Å². The van der Waals surface area contributed by atoms with Gasteiger partial charge in [0.1, 0.15) is 0 Å². The summed E-state index contributed by atoms with van der Waals surface area (Å²) in [5, 5.41) is 2.68. The van der Waals surface area contributed by atoms with Crippen LogP contribution in [0.5, 0.6) is 23.4 Å². The van der Waals surface area contributed by atoms with Gasteiger partial charge in [0.05, 0.1) is 26.2 Å². The number of nitrogens with one attached hydrogen (secondary N) is 2. The molecule has 0 radical (unpaired) electrons. The Labute approximate surface area is 197 Å². The van der Waals surface area contributed by atoms with E-state index < -0.39 is 22.0 Å². The fraction of sp³-hybridized carbons (Fsp3) is 0.227. The first-order chi connectivity index (χ1) is 16.2. The molecule has 3 rings (SSSR count). The monoisotopic (exact) mass is 488 g/mol. The quantitative estimate of drug-likeness (QED) is 0.441. The van der Waals surface area contributed by atoms with Crippen molar-refractivity contribution in [3.05, 3.63) is 54.6 Å². The summed E-state index contributed by atoms with van der Waals surface area (Å²) in [4.78, 5) is 20.3. The first kappa shape index (κ1) is 24.6. The Morgan fingerprint density at radius 1 is 0.912 bits per heavy atom. The number of sulfonamides is 1. The first-order valence-corrected chi connectivity index (χ1v) is 11.4. The van der Waals surface area contributed by atoms with E-state index in [-0.39, 0.29) is 22.6 Å². The minimum atomic E-state index is -3.98. The number of rotatable bonds is 10. The molecule has 0 aliphatic rings. The molecular weight excluding hydrogens is 464 g/mol. The van der Waals surface area contributed by atoms with E-state index in [4.69, 9.17) is 18.9 Å². The van der Waals surface area contributed by atoms with E-state index in [0.29, 0.717) is 17.2 Å². The molecule has 1 atom stereocenters. The van der Waals surface area contributed by atoms with E-state index in [2.05, 4.69) is 20.0 Å². The number of amides is 1. The van der Waals surface area contributed by atoms with Gasteiger partial charge < -0.3 is 24.3 Å². The Bertz CT molecular complexity index is 1230. The molecule has 3 aromatic rings. The number of aromatic nitrogens is 2. The van der Waals surface area contributed by atoms with Gasteiger partial charge in [0.15, 0.2) is 23.4 Å². The van der Waals surface area contributed by atoms with Crippen LogP contribution in [0.15, 0.2) is 59.5 Å². The second kappa shape index (κ2) is 10.7. The summed E-state index contributed by atoms with van der Waals surface area (Å²) in [7, 11) is 0.267. The maximum absolute atomic E-state index is 12.7. The number of anilines is 2. The summed E-state index contributed by atoms with van der Waals surface area (Å²) in [6, 6.07) is 13.9. The van der Waals surface area contributed by atoms with Crippen molar-refractivity contribution in [3.63, 3.8) is 0 Å². The van der Waals surface area contributed by atoms with Crippen molar-refractivity contribution in [2.24, 2.45) is 0 Å². The molecule has 0 bridgehead atoms. The van der Waals surface area contributed by atoms with Gasteiger partial charge in [-0.15, -0.1) is 0 Å². The largest absolute Gasteiger partial charge is 0.493 e. The number of benzene rings is 2. The van der Waals surface area contributed by atoms with Crippen LogP contribution >= 0.6 is 0 Å². The number of nitrogens with zero attached hydrogens (tertiary/aromatic N) is 2. The predicted molar refractivity (Wildman–Crippen MR) is 124 cm³/mol. The van der Waals surface area contributed by atoms with Crippen LogP contribution in [0, 0.1) is 0 Å². The lowest BCUT2D eigenvalue weighted by atomic mass is 10.3. The summed E-state index contributed by atoms with van der Waals surface area (Å²) in [6.45, 7) is 1.59. The Kier molecular flexibility index (Phi) is 7.74. The Morgan fingerprint density at radius 3 is 2.21 bits per heavy atom. The topological polar surface area (TPSA) is 138 Å². The molecule has 2 aromatic carbocycles. The van der Waals surface area contributed by atoms with E-state index in [1.54, 1.807) is 31.2 Å². The number of carbonyl (C=O) groups is 1. The van der Waals surface area contributed by atoms with Crippen LogP contribution in [0.3, 0.4) is 0 Å². The fourth-order valence-electron chi connectivity index (χ4n) is 2.77. The Balaban J connectivity index is 1.67. The third kappa shape index (κ3) is 6.04. The first-order valence-electron chi connectivity index (χ1n) is 9.96. The molecule has 180 valence electrons. The maximum Gasteiger partial charge on any atom is 0.321 e. The number of carbonyl (C=O) groups excluding carboxylic acids is 1. The minimum Gasteiger partial charge on any atom is -0.493 e. The molecule has 1 heterocycles. The number of hydrogen-bond acceptors (Lipinski definition) is 9. The molecule has 0 fully saturated rings. The summed E-state index contributed by atoms with van der Waals surface area (Å²) in [6.07, 6.45) is -0.830. The van der Waals surface area contributed by atoms with Crippen LogP contribution in [0.2, 0.25) is 0 Å². The Morgan fingerprint density at radius 2 is 1.59 bits per heavy atom. The normalized spacial score (nSPS) is 11.8. The van der Waals surface area contributed by atoms with E-state index in [1.807, 2.05) is 0 Å². The van der Waals surface area contributed by atoms with E-state index in [9.17, 15) is 13.2 Å². The zero-order valence-electron chi connectivity index (χ0n) is 18.9. The lowest BCUT2D eigenvalue weighted by Crippen LogP contribution is -2.30. The molecule has 1 aromatic heterocycles. The number of hydrogen-bond donors (Lipinski definition) is 2. The lowest BCUT2D eigenvalue weighted by molar-refractivity contribution is -0.122. The third-order valence-electron chi connectivity index (χ3n) is 4.49. The third-order valence-corrected chi connectivity index (χ3v) is 5.86. The van der Waals surface area contributed by atoms with E-state index in [1.165, 1.54) is 51.7 Å². The molecule has 0 aliphatic heterocycles. The van der Waals surface area contributed by atoms with Gasteiger partial charge in [0.25, 0.3) is 15.9 Å². The van der Waals surface area contributed by atoms with Crippen LogP contribution in [-0.2, 0) is 14.8 Å². The van der Waals surface area contributed by atoms with Crippen molar-refractivity contribution in [3.8, 4) is 23.4 Å². The molecule has 0 aliphatic carbocycles. The summed E-state index contributed by atoms with van der Waals surface area (Å²) in [5.41, 5.74) is 0.393. The van der Waals surface area contributed by atoms with Crippen molar-refractivity contribution >= 4 is 27.4 Å². The van der Waals surface area contributed by atoms with Crippen LogP contribution in [-0.4, -0.2) is 51.7 Å². The van der Waals surface area contributed by atoms with E-state index >= 15 is 0 Å². The van der Waals surface area contributed by atoms with Gasteiger partial charge in [-0.1, -0.05) is 12.1 Å². The predicted octanol–water partition coefficient (Wildman–Crippen LogP) is 2.71. The highest BCUT2D eigenvalue weighted by atomic mass is 32.2. The SMILES string of the molecule is COc1cc(NS(=O)(=O)c2ccc(NC(=O)C(C)Oc3ccccc3OC)cc2)nc(OC)n1. The molecule has 0 saturated carbocycles. The molecule has 11 nitrogen and oxygen atoms in total. The highest BCUT2D eigenvalue weighted by Crippen LogP contribution is 2.27. The second-order valence-electron chi connectivity index (χ2n) is 6.81. The second-order valence-corrected chi connectivity index (χ2v) is 8.49. The van der Waals surface area contributed by atoms with Crippen molar-refractivity contribution < 1.29 is 32.2 Å². The van der Waals surface area contributed by atoms with Crippen LogP contribution in [0.25, 0.3) is 0 Å². The van der Waals surface area contributed by atoms with Gasteiger partial charge in [0.2, 0.25) is 5.88 Å². The number of para-hydroxylation sites is 2. The molecule has 1 unspecified atom stereocenters. The molecular formula is C22H24N4O7S. The smallest absolute Gasteiger partial charge is 0.321 e. The Hall–Kier alpha value is -4.06. The molecule has 34 heavy (non-hydrogen) atoms. The summed E-state index contributed by atoms with van der Waals surface area (Å²) in [5.74, 6) is 0.622. The molecule has 1 amide bonds. The van der Waals surface area contributed by atoms with Crippen molar-refractivity contribution in [2.75, 3.05) is 31.4 Å². The summed E-state index contributed by atoms with van der Waals surface area (Å²) < 4.78 is 48.7. The van der Waals surface area contributed by atoms with Gasteiger partial charge in [-0.25, -0.2) is 8.42 Å². The highest BCUT2D eigenvalue weighted by Gasteiger charge is 2.19. The lowest BCUT2D eigenvalue weighted by Gasteiger charge is -2.16. The molecule has 0 spiro atoms. The van der Waals surface area contributed by atoms with Crippen molar-refractivity contribution in [1.29, 1.82) is 0 Å². The van der Waals surface area contributed by atoms with Crippen molar-refractivity contribution in [1.82, 2.24) is 9.97 Å². The van der Waals surface area contributed by atoms with Crippen LogP contribution in [0.4, 0.5) is 11.5 Å². The van der Waals surface area contributed by atoms with Crippen LogP contribution in [0.1, 0.15) is 6.92 Å². The number of methoxy groups -OCH3 is 3. The zero-order valence-corrected chi connectivity index (χ0v) is 19.8. The minimum absolute atomic E-state index is 0.0246. The van der Waals surface area contributed by atoms with Crippen molar-refractivity contribution in [2.45, 2.75) is 17.9 Å². The zero-order chi connectivity index (χ0) is 24.7. The van der Waals surface area contributed by atoms with Gasteiger partial charge in [-0.3, -0.25) is 9.52 Å². The van der Waals surface area contributed by atoms with Crippen LogP contribution < -0.4 is 29.0 Å². The molecule has 12 heteroatoms. The van der Waals surface area contributed by atoms with Gasteiger partial charge in [-0.2, -0.15) is 9.97 Å². The average Bonchev–Trinajstić information content (AvgIpc) is 2.84. The fourth-order valence-corrected chi connectivity index (χ4v) is 3.76. The van der Waals surface area contributed by atoms with Gasteiger partial charge in [0, 0.05) is 11.8 Å². The van der Waals surface area contributed by atoms with Gasteiger partial charge in [-0.05, 0) is 43.3 Å². The number of ether oxygens (including phenoxy) is 4. The molecule has 0 saturated heterocycles. The van der Waals surface area contributed by atoms with Gasteiger partial charge >= 0.3 is 6.01 Å². The summed E-state index contributed by atoms with van der Waals surface area (Å²) >= 11 is 0. The maximum atomic E-state index is 12.7. The molecule has 2 N–H and O–H groups in total. The standard InChI is InChI=1S/C22H24N4O7S/c1-14(33-18-8-6-5-7-17(18)30-2)21(27)23-15-9-11-16(12-10-15)34(28,29)26-19-13-20(31-3)25-22(24-19)32-4/h5-14H,1-4H3,(H,23,27)(H,24,25,26). The average molecular weight is 489 g/mol. The highest BCUT2D eigenvalue weighted by molar-refractivity contribution is 7.92.